The van der Waals surface area contributed by atoms with Crippen LogP contribution in [-0.2, 0) is 11.8 Å². The third kappa shape index (κ3) is 2.80. The third-order valence-electron chi connectivity index (χ3n) is 5.15. The van der Waals surface area contributed by atoms with E-state index in [0.29, 0.717) is 17.7 Å². The lowest BCUT2D eigenvalue weighted by Crippen LogP contribution is -2.39. The molecule has 23 heavy (non-hydrogen) atoms. The first-order valence-corrected chi connectivity index (χ1v) is 9.14. The normalized spacial score (nSPS) is 24.9. The molecule has 0 spiro atoms. The molecule has 1 aliphatic heterocycles. The zero-order chi connectivity index (χ0) is 16.0. The van der Waals surface area contributed by atoms with Crippen molar-refractivity contribution in [2.45, 2.75) is 38.0 Å². The van der Waals surface area contributed by atoms with Crippen LogP contribution in [0.1, 0.15) is 46.7 Å². The van der Waals surface area contributed by atoms with Crippen molar-refractivity contribution in [3.05, 3.63) is 34.0 Å². The van der Waals surface area contributed by atoms with E-state index in [1.807, 2.05) is 23.0 Å². The highest BCUT2D eigenvalue weighted by molar-refractivity contribution is 7.12. The van der Waals surface area contributed by atoms with Gasteiger partial charge in [0.25, 0.3) is 0 Å². The summed E-state index contributed by atoms with van der Waals surface area (Å²) in [6, 6.07) is 4.35. The Morgan fingerprint density at radius 2 is 2.09 bits per heavy atom. The van der Waals surface area contributed by atoms with E-state index in [1.54, 1.807) is 6.33 Å². The topological polar surface area (TPSA) is 51.0 Å². The summed E-state index contributed by atoms with van der Waals surface area (Å²) < 4.78 is 2.00. The number of carbonyl (C=O) groups is 1. The number of nitrogens with zero attached hydrogens (tertiary/aromatic N) is 4. The Morgan fingerprint density at radius 1 is 1.30 bits per heavy atom. The smallest absolute Gasteiger partial charge is 0.226 e. The average molecular weight is 330 g/mol. The van der Waals surface area contributed by atoms with Crippen molar-refractivity contribution in [1.29, 1.82) is 0 Å². The van der Waals surface area contributed by atoms with Crippen LogP contribution >= 0.6 is 11.3 Å². The molecule has 2 atom stereocenters. The Balaban J connectivity index is 1.34. The molecule has 0 bridgehead atoms. The maximum Gasteiger partial charge on any atom is 0.226 e. The zero-order valence-electron chi connectivity index (χ0n) is 13.6. The Hall–Kier alpha value is -1.69. The van der Waals surface area contributed by atoms with E-state index in [4.69, 9.17) is 0 Å². The molecule has 2 aromatic heterocycles. The van der Waals surface area contributed by atoms with Crippen molar-refractivity contribution >= 4 is 17.2 Å². The van der Waals surface area contributed by atoms with Crippen LogP contribution < -0.4 is 0 Å². The standard InChI is InChI=1S/C17H22N4OS/c1-11-3-4-15(23-11)13-9-14(13)17(22)21-7-5-12(6-8-21)16-19-18-10-20(16)2/h3-4,10,12-14H,5-9H2,1-2H3/t13-,14-/m1/s1. The molecule has 1 amide bonds. The fraction of sp³-hybridized carbons (Fsp3) is 0.588. The third-order valence-corrected chi connectivity index (χ3v) is 6.29. The van der Waals surface area contributed by atoms with Gasteiger partial charge in [0, 0.05) is 47.6 Å². The molecule has 0 aromatic carbocycles. The first-order valence-electron chi connectivity index (χ1n) is 8.32. The second-order valence-corrected chi connectivity index (χ2v) is 8.12. The van der Waals surface area contributed by atoms with Crippen molar-refractivity contribution in [2.24, 2.45) is 13.0 Å². The molecule has 0 N–H and O–H groups in total. The molecule has 2 aromatic rings. The van der Waals surface area contributed by atoms with Gasteiger partial charge in [0.15, 0.2) is 0 Å². The lowest BCUT2D eigenvalue weighted by atomic mass is 9.95. The quantitative estimate of drug-likeness (QED) is 0.869. The molecule has 0 unspecified atom stereocenters. The second kappa shape index (κ2) is 5.74. The maximum atomic E-state index is 12.7. The van der Waals surface area contributed by atoms with Crippen LogP contribution in [-0.4, -0.2) is 38.7 Å². The Bertz CT molecular complexity index is 714. The van der Waals surface area contributed by atoms with Gasteiger partial charge in [-0.05, 0) is 38.3 Å². The highest BCUT2D eigenvalue weighted by Gasteiger charge is 2.46. The minimum atomic E-state index is 0.222. The van der Waals surface area contributed by atoms with Crippen LogP contribution in [0.25, 0.3) is 0 Å². The van der Waals surface area contributed by atoms with Crippen LogP contribution in [0.5, 0.6) is 0 Å². The number of likely N-dealkylation sites (tertiary alicyclic amines) is 1. The molecule has 2 fully saturated rings. The molecule has 122 valence electrons. The van der Waals surface area contributed by atoms with E-state index in [2.05, 4.69) is 34.2 Å². The van der Waals surface area contributed by atoms with Crippen molar-refractivity contribution in [2.75, 3.05) is 13.1 Å². The Kier molecular flexibility index (Phi) is 3.71. The maximum absolute atomic E-state index is 12.7. The molecular formula is C17H22N4OS. The molecule has 1 saturated carbocycles. The van der Waals surface area contributed by atoms with Gasteiger partial charge in [-0.25, -0.2) is 0 Å². The lowest BCUT2D eigenvalue weighted by molar-refractivity contribution is -0.133. The van der Waals surface area contributed by atoms with Gasteiger partial charge in [-0.15, -0.1) is 21.5 Å². The van der Waals surface area contributed by atoms with E-state index in [0.717, 1.165) is 38.2 Å². The van der Waals surface area contributed by atoms with Gasteiger partial charge < -0.3 is 9.47 Å². The summed E-state index contributed by atoms with van der Waals surface area (Å²) in [5.74, 6) is 2.53. The largest absolute Gasteiger partial charge is 0.342 e. The van der Waals surface area contributed by atoms with Crippen molar-refractivity contribution in [1.82, 2.24) is 19.7 Å². The molecule has 0 radical (unpaired) electrons. The number of aryl methyl sites for hydroxylation is 2. The van der Waals surface area contributed by atoms with Gasteiger partial charge >= 0.3 is 0 Å². The lowest BCUT2D eigenvalue weighted by Gasteiger charge is -2.31. The van der Waals surface area contributed by atoms with E-state index in [-0.39, 0.29) is 5.92 Å². The van der Waals surface area contributed by atoms with E-state index < -0.39 is 0 Å². The molecule has 2 aliphatic rings. The number of rotatable bonds is 3. The minimum Gasteiger partial charge on any atom is -0.342 e. The number of piperidine rings is 1. The van der Waals surface area contributed by atoms with Crippen LogP contribution in [0.2, 0.25) is 0 Å². The first-order chi connectivity index (χ1) is 11.1. The number of aromatic nitrogens is 3. The van der Waals surface area contributed by atoms with Gasteiger partial charge in [-0.3, -0.25) is 4.79 Å². The summed E-state index contributed by atoms with van der Waals surface area (Å²) in [5.41, 5.74) is 0. The predicted molar refractivity (Wildman–Crippen MR) is 89.5 cm³/mol. The van der Waals surface area contributed by atoms with Crippen LogP contribution in [0.4, 0.5) is 0 Å². The average Bonchev–Trinajstić information content (AvgIpc) is 3.06. The van der Waals surface area contributed by atoms with Crippen LogP contribution in [0.3, 0.4) is 0 Å². The Morgan fingerprint density at radius 3 is 2.70 bits per heavy atom. The molecule has 5 nitrogen and oxygen atoms in total. The van der Waals surface area contributed by atoms with Gasteiger partial charge in [0.1, 0.15) is 12.2 Å². The zero-order valence-corrected chi connectivity index (χ0v) is 14.4. The summed E-state index contributed by atoms with van der Waals surface area (Å²) in [6.45, 7) is 3.83. The monoisotopic (exact) mass is 330 g/mol. The number of hydrogen-bond donors (Lipinski definition) is 0. The fourth-order valence-electron chi connectivity index (χ4n) is 3.69. The number of amides is 1. The SMILES string of the molecule is Cc1ccc([C@@H]2C[C@H]2C(=O)N2CCC(c3nncn3C)CC2)s1. The van der Waals surface area contributed by atoms with Crippen molar-refractivity contribution in [3.8, 4) is 0 Å². The van der Waals surface area contributed by atoms with Crippen molar-refractivity contribution in [3.63, 3.8) is 0 Å². The number of thiophene rings is 1. The molecule has 4 rings (SSSR count). The summed E-state index contributed by atoms with van der Waals surface area (Å²) >= 11 is 1.84. The van der Waals surface area contributed by atoms with Crippen LogP contribution in [0, 0.1) is 12.8 Å². The van der Waals surface area contributed by atoms with Gasteiger partial charge in [0.05, 0.1) is 0 Å². The van der Waals surface area contributed by atoms with E-state index in [9.17, 15) is 4.79 Å². The summed E-state index contributed by atoms with van der Waals surface area (Å²) in [5, 5.41) is 8.19. The van der Waals surface area contributed by atoms with Gasteiger partial charge in [-0.2, -0.15) is 0 Å². The highest BCUT2D eigenvalue weighted by atomic mass is 32.1. The van der Waals surface area contributed by atoms with E-state index in [1.165, 1.54) is 9.75 Å². The van der Waals surface area contributed by atoms with Crippen molar-refractivity contribution < 1.29 is 4.79 Å². The number of carbonyl (C=O) groups excluding carboxylic acids is 1. The van der Waals surface area contributed by atoms with Gasteiger partial charge in [-0.1, -0.05) is 0 Å². The van der Waals surface area contributed by atoms with Gasteiger partial charge in [0.2, 0.25) is 5.91 Å². The molecule has 1 saturated heterocycles. The minimum absolute atomic E-state index is 0.222. The first kappa shape index (κ1) is 14.9. The molecular weight excluding hydrogens is 308 g/mol. The molecule has 6 heteroatoms. The second-order valence-electron chi connectivity index (χ2n) is 6.80. The predicted octanol–water partition coefficient (Wildman–Crippen LogP) is 2.69. The Labute approximate surface area is 140 Å². The number of hydrogen-bond acceptors (Lipinski definition) is 4. The molecule has 1 aliphatic carbocycles. The summed E-state index contributed by atoms with van der Waals surface area (Å²) in [7, 11) is 1.99. The summed E-state index contributed by atoms with van der Waals surface area (Å²) in [6.07, 6.45) is 4.77. The molecule has 3 heterocycles. The summed E-state index contributed by atoms with van der Waals surface area (Å²) in [4.78, 5) is 17.5. The van der Waals surface area contributed by atoms with Crippen LogP contribution in [0.15, 0.2) is 18.5 Å². The van der Waals surface area contributed by atoms with E-state index >= 15 is 0 Å². The highest BCUT2D eigenvalue weighted by Crippen LogP contribution is 2.50. The fourth-order valence-corrected chi connectivity index (χ4v) is 4.75.